The summed E-state index contributed by atoms with van der Waals surface area (Å²) < 4.78 is 0. The van der Waals surface area contributed by atoms with Gasteiger partial charge in [0, 0.05) is 15.1 Å². The fourth-order valence-electron chi connectivity index (χ4n) is 0.541. The Morgan fingerprint density at radius 3 is 2.44 bits per heavy atom. The highest BCUT2D eigenvalue weighted by atomic mass is 32.1. The van der Waals surface area contributed by atoms with Crippen molar-refractivity contribution in [2.75, 3.05) is 0 Å². The molecule has 1 heterocycles. The van der Waals surface area contributed by atoms with Gasteiger partial charge in [-0.05, 0) is 12.1 Å². The first-order valence-corrected chi connectivity index (χ1v) is 3.83. The summed E-state index contributed by atoms with van der Waals surface area (Å²) in [5.41, 5.74) is 0. The van der Waals surface area contributed by atoms with E-state index < -0.39 is 0 Å². The minimum atomic E-state index is 1.12. The molecule has 0 N–H and O–H groups in total. The van der Waals surface area contributed by atoms with E-state index in [1.807, 2.05) is 18.2 Å². The van der Waals surface area contributed by atoms with Gasteiger partial charge in [0.2, 0.25) is 0 Å². The molecule has 1 rings (SSSR count). The summed E-state index contributed by atoms with van der Waals surface area (Å²) >= 11 is 6.39. The van der Waals surface area contributed by atoms with Crippen molar-refractivity contribution >= 4 is 35.0 Å². The van der Waals surface area contributed by atoms with Crippen LogP contribution < -0.4 is 0 Å². The molecule has 0 amide bonds. The largest absolute Gasteiger partial charge is 0.136 e. The molecular formula is C7H6S2. The molecule has 9 heavy (non-hydrogen) atoms. The minimum absolute atomic E-state index is 1.12. The second-order valence-electron chi connectivity index (χ2n) is 1.56. The molecule has 0 radical (unpaired) electrons. The van der Waals surface area contributed by atoms with Gasteiger partial charge in [-0.2, -0.15) is 0 Å². The first-order chi connectivity index (χ1) is 4.36. The third-order valence-corrected chi connectivity index (χ3v) is 2.40. The summed E-state index contributed by atoms with van der Waals surface area (Å²) in [6.45, 7) is 3.64. The van der Waals surface area contributed by atoms with Crippen LogP contribution in [0.3, 0.4) is 0 Å². The van der Waals surface area contributed by atoms with Gasteiger partial charge >= 0.3 is 0 Å². The normalized spacial score (nSPS) is 8.89. The number of thiophene rings is 1. The molecule has 0 spiro atoms. The van der Waals surface area contributed by atoms with Gasteiger partial charge in [0.05, 0.1) is 0 Å². The zero-order chi connectivity index (χ0) is 6.69. The lowest BCUT2D eigenvalue weighted by atomic mass is 10.4. The van der Waals surface area contributed by atoms with Crippen LogP contribution in [0.15, 0.2) is 18.7 Å². The zero-order valence-corrected chi connectivity index (χ0v) is 6.47. The summed E-state index contributed by atoms with van der Waals surface area (Å²) in [5.74, 6) is 0. The second kappa shape index (κ2) is 2.90. The third-order valence-electron chi connectivity index (χ3n) is 0.965. The van der Waals surface area contributed by atoms with E-state index >= 15 is 0 Å². The fraction of sp³-hybridized carbons (Fsp3) is 0. The summed E-state index contributed by atoms with van der Waals surface area (Å²) in [5, 5.41) is 1.68. The molecule has 0 atom stereocenters. The van der Waals surface area contributed by atoms with Crippen LogP contribution in [0.25, 0.3) is 6.08 Å². The SMILES string of the molecule is C=Cc1ccc(C=S)s1. The molecule has 0 aliphatic rings. The van der Waals surface area contributed by atoms with Crippen LogP contribution in [0.1, 0.15) is 9.75 Å². The molecule has 0 fully saturated rings. The highest BCUT2D eigenvalue weighted by Crippen LogP contribution is 2.14. The van der Waals surface area contributed by atoms with Gasteiger partial charge in [0.1, 0.15) is 0 Å². The lowest BCUT2D eigenvalue weighted by Gasteiger charge is -1.75. The maximum atomic E-state index is 4.73. The van der Waals surface area contributed by atoms with Crippen LogP contribution in [0.2, 0.25) is 0 Å². The van der Waals surface area contributed by atoms with Crippen molar-refractivity contribution in [2.45, 2.75) is 0 Å². The van der Waals surface area contributed by atoms with E-state index in [-0.39, 0.29) is 0 Å². The fourth-order valence-corrected chi connectivity index (χ4v) is 1.44. The van der Waals surface area contributed by atoms with Gasteiger partial charge in [0.15, 0.2) is 0 Å². The average molecular weight is 154 g/mol. The summed E-state index contributed by atoms with van der Waals surface area (Å²) in [7, 11) is 0. The first-order valence-electron chi connectivity index (χ1n) is 2.54. The molecule has 0 aromatic carbocycles. The van der Waals surface area contributed by atoms with E-state index in [1.165, 1.54) is 4.88 Å². The van der Waals surface area contributed by atoms with Gasteiger partial charge in [-0.25, -0.2) is 0 Å². The van der Waals surface area contributed by atoms with E-state index in [2.05, 4.69) is 6.58 Å². The third kappa shape index (κ3) is 1.47. The van der Waals surface area contributed by atoms with Crippen molar-refractivity contribution in [2.24, 2.45) is 0 Å². The Morgan fingerprint density at radius 2 is 2.11 bits per heavy atom. The zero-order valence-electron chi connectivity index (χ0n) is 4.83. The predicted octanol–water partition coefficient (Wildman–Crippen LogP) is 2.74. The number of thiocarbonyl (C=S) groups is 1. The molecule has 1 aromatic heterocycles. The maximum absolute atomic E-state index is 4.73. The Kier molecular flexibility index (Phi) is 2.14. The molecule has 2 heteroatoms. The predicted molar refractivity (Wildman–Crippen MR) is 47.2 cm³/mol. The molecule has 0 nitrogen and oxygen atoms in total. The van der Waals surface area contributed by atoms with Gasteiger partial charge < -0.3 is 0 Å². The Hall–Kier alpha value is -0.470. The van der Waals surface area contributed by atoms with Crippen LogP contribution in [0.5, 0.6) is 0 Å². The molecule has 0 aliphatic heterocycles. The van der Waals surface area contributed by atoms with E-state index in [9.17, 15) is 0 Å². The number of rotatable bonds is 2. The highest BCUT2D eigenvalue weighted by Gasteiger charge is 1.90. The molecule has 0 saturated heterocycles. The number of hydrogen-bond acceptors (Lipinski definition) is 2. The van der Waals surface area contributed by atoms with Crippen molar-refractivity contribution in [1.82, 2.24) is 0 Å². The van der Waals surface area contributed by atoms with Gasteiger partial charge in [-0.1, -0.05) is 24.9 Å². The Bertz CT molecular complexity index is 200. The summed E-state index contributed by atoms with van der Waals surface area (Å²) in [6, 6.07) is 4.00. The molecule has 0 saturated carbocycles. The van der Waals surface area contributed by atoms with Gasteiger partial charge in [0.25, 0.3) is 0 Å². The average Bonchev–Trinajstić information content (AvgIpc) is 2.34. The topological polar surface area (TPSA) is 0 Å². The van der Waals surface area contributed by atoms with E-state index in [1.54, 1.807) is 16.7 Å². The first kappa shape index (κ1) is 6.65. The van der Waals surface area contributed by atoms with Crippen LogP contribution in [0.4, 0.5) is 0 Å². The molecule has 1 aromatic rings. The van der Waals surface area contributed by atoms with Crippen LogP contribution >= 0.6 is 23.6 Å². The van der Waals surface area contributed by atoms with Crippen LogP contribution in [-0.2, 0) is 0 Å². The van der Waals surface area contributed by atoms with Crippen LogP contribution in [0, 0.1) is 0 Å². The Balaban J connectivity index is 2.98. The smallest absolute Gasteiger partial charge is 0.0384 e. The molecular weight excluding hydrogens is 148 g/mol. The van der Waals surface area contributed by atoms with Crippen molar-refractivity contribution in [3.63, 3.8) is 0 Å². The summed E-state index contributed by atoms with van der Waals surface area (Å²) in [6.07, 6.45) is 1.83. The van der Waals surface area contributed by atoms with Crippen molar-refractivity contribution in [3.8, 4) is 0 Å². The number of hydrogen-bond donors (Lipinski definition) is 0. The second-order valence-corrected chi connectivity index (χ2v) is 2.94. The van der Waals surface area contributed by atoms with Crippen molar-refractivity contribution in [1.29, 1.82) is 0 Å². The minimum Gasteiger partial charge on any atom is -0.136 e. The Morgan fingerprint density at radius 1 is 1.44 bits per heavy atom. The molecule has 0 unspecified atom stereocenters. The van der Waals surface area contributed by atoms with E-state index in [0.717, 1.165) is 4.88 Å². The van der Waals surface area contributed by atoms with E-state index in [4.69, 9.17) is 12.2 Å². The lowest BCUT2D eigenvalue weighted by Crippen LogP contribution is -1.59. The van der Waals surface area contributed by atoms with Gasteiger partial charge in [-0.15, -0.1) is 11.3 Å². The Labute approximate surface area is 63.8 Å². The van der Waals surface area contributed by atoms with E-state index in [0.29, 0.717) is 0 Å². The lowest BCUT2D eigenvalue weighted by molar-refractivity contribution is 1.95. The van der Waals surface area contributed by atoms with Crippen LogP contribution in [-0.4, -0.2) is 5.37 Å². The quantitative estimate of drug-likeness (QED) is 0.590. The monoisotopic (exact) mass is 154 g/mol. The van der Waals surface area contributed by atoms with Crippen molar-refractivity contribution < 1.29 is 0 Å². The standard InChI is InChI=1S/C7H6S2/c1-2-6-3-4-7(5-8)9-6/h2-5H,1H2. The molecule has 0 bridgehead atoms. The molecule has 46 valence electrons. The highest BCUT2D eigenvalue weighted by molar-refractivity contribution is 7.79. The summed E-state index contributed by atoms with van der Waals surface area (Å²) in [4.78, 5) is 2.30. The van der Waals surface area contributed by atoms with Gasteiger partial charge in [-0.3, -0.25) is 0 Å². The van der Waals surface area contributed by atoms with Crippen molar-refractivity contribution in [3.05, 3.63) is 28.5 Å². The molecule has 0 aliphatic carbocycles. The maximum Gasteiger partial charge on any atom is 0.0384 e.